The topological polar surface area (TPSA) is 85.4 Å². The second kappa shape index (κ2) is 5.15. The van der Waals surface area contributed by atoms with Crippen LogP contribution in [0.4, 0.5) is 26.3 Å². The van der Waals surface area contributed by atoms with Gasteiger partial charge in [-0.25, -0.2) is 9.78 Å². The number of hydrogen-bond donors (Lipinski definition) is 2. The number of rotatable bonds is 3. The van der Waals surface area contributed by atoms with Gasteiger partial charge in [0.1, 0.15) is 5.56 Å². The summed E-state index contributed by atoms with van der Waals surface area (Å²) < 4.78 is 77.0. The average molecular weight is 304 g/mol. The van der Waals surface area contributed by atoms with Gasteiger partial charge < -0.3 is 15.6 Å². The first kappa shape index (κ1) is 16.0. The molecule has 20 heavy (non-hydrogen) atoms. The molecule has 1 rings (SSSR count). The van der Waals surface area contributed by atoms with Crippen LogP contribution in [0.15, 0.2) is 6.07 Å². The van der Waals surface area contributed by atoms with E-state index in [1.165, 1.54) is 0 Å². The van der Waals surface area contributed by atoms with E-state index in [4.69, 9.17) is 10.8 Å². The second-order valence-electron chi connectivity index (χ2n) is 3.40. The Kier molecular flexibility index (Phi) is 4.12. The highest BCUT2D eigenvalue weighted by Crippen LogP contribution is 2.34. The molecule has 0 spiro atoms. The van der Waals surface area contributed by atoms with Crippen molar-refractivity contribution in [1.29, 1.82) is 0 Å². The zero-order chi connectivity index (χ0) is 15.7. The predicted molar refractivity (Wildman–Crippen MR) is 50.8 cm³/mol. The molecule has 0 aromatic carbocycles. The summed E-state index contributed by atoms with van der Waals surface area (Å²) in [5.41, 5.74) is 1.34. The van der Waals surface area contributed by atoms with Crippen LogP contribution in [-0.2, 0) is 12.7 Å². The maximum atomic E-state index is 12.6. The molecular weight excluding hydrogens is 298 g/mol. The van der Waals surface area contributed by atoms with Crippen molar-refractivity contribution in [3.05, 3.63) is 22.9 Å². The second-order valence-corrected chi connectivity index (χ2v) is 3.40. The van der Waals surface area contributed by atoms with Crippen molar-refractivity contribution in [2.45, 2.75) is 19.1 Å². The summed E-state index contributed by atoms with van der Waals surface area (Å²) in [6.45, 7) is -0.756. The minimum absolute atomic E-state index is 0.346. The number of nitrogens with two attached hydrogens (primary N) is 1. The Morgan fingerprint density at radius 1 is 1.30 bits per heavy atom. The third kappa shape index (κ3) is 3.73. The fourth-order valence-electron chi connectivity index (χ4n) is 1.28. The van der Waals surface area contributed by atoms with Crippen LogP contribution in [-0.4, -0.2) is 22.4 Å². The number of hydrogen-bond acceptors (Lipinski definition) is 4. The average Bonchev–Trinajstić information content (AvgIpc) is 2.24. The van der Waals surface area contributed by atoms with Gasteiger partial charge in [0, 0.05) is 6.54 Å². The molecular formula is C9H6F6N2O3. The molecule has 3 N–H and O–H groups in total. The van der Waals surface area contributed by atoms with Gasteiger partial charge in [0.05, 0.1) is 0 Å². The molecule has 0 fully saturated rings. The lowest BCUT2D eigenvalue weighted by atomic mass is 10.1. The van der Waals surface area contributed by atoms with Gasteiger partial charge in [0.2, 0.25) is 5.88 Å². The molecule has 0 bridgehead atoms. The fraction of sp³-hybridized carbons (Fsp3) is 0.333. The number of halogens is 6. The van der Waals surface area contributed by atoms with Crippen molar-refractivity contribution in [3.63, 3.8) is 0 Å². The minimum Gasteiger partial charge on any atom is -0.477 e. The van der Waals surface area contributed by atoms with Crippen molar-refractivity contribution in [2.75, 3.05) is 0 Å². The molecule has 1 aromatic rings. The highest BCUT2D eigenvalue weighted by Gasteiger charge is 2.39. The number of carbonyl (C=O) groups is 1. The van der Waals surface area contributed by atoms with E-state index in [-0.39, 0.29) is 0 Å². The number of aromatic carboxylic acids is 1. The standard InChI is InChI=1S/C9H6F6N2O3/c10-8(11,12)5-3(2-16)1-4(7(18)19)6(17-5)20-9(13,14)15/h1H,2,16H2,(H,18,19). The molecule has 5 nitrogen and oxygen atoms in total. The maximum absolute atomic E-state index is 12.6. The number of nitrogens with zero attached hydrogens (tertiary/aromatic N) is 1. The van der Waals surface area contributed by atoms with Gasteiger partial charge in [-0.05, 0) is 11.6 Å². The van der Waals surface area contributed by atoms with Gasteiger partial charge in [-0.2, -0.15) is 13.2 Å². The lowest BCUT2D eigenvalue weighted by Gasteiger charge is -2.15. The van der Waals surface area contributed by atoms with Gasteiger partial charge in [-0.1, -0.05) is 0 Å². The molecule has 0 saturated heterocycles. The Balaban J connectivity index is 3.51. The first-order valence-corrected chi connectivity index (χ1v) is 4.76. The Morgan fingerprint density at radius 3 is 2.20 bits per heavy atom. The number of carboxylic acid groups (broad SMARTS) is 1. The zero-order valence-electron chi connectivity index (χ0n) is 9.34. The summed E-state index contributed by atoms with van der Waals surface area (Å²) in [5, 5.41) is 8.67. The number of pyridine rings is 1. The van der Waals surface area contributed by atoms with E-state index in [2.05, 4.69) is 9.72 Å². The Labute approximate surface area is 107 Å². The van der Waals surface area contributed by atoms with Crippen LogP contribution in [0.5, 0.6) is 5.88 Å². The molecule has 0 atom stereocenters. The molecule has 0 aliphatic heterocycles. The summed E-state index contributed by atoms with van der Waals surface area (Å²) in [4.78, 5) is 13.3. The van der Waals surface area contributed by atoms with Crippen LogP contribution in [0.25, 0.3) is 0 Å². The largest absolute Gasteiger partial charge is 0.574 e. The van der Waals surface area contributed by atoms with Gasteiger partial charge in [0.25, 0.3) is 0 Å². The van der Waals surface area contributed by atoms with Crippen molar-refractivity contribution in [2.24, 2.45) is 5.73 Å². The zero-order valence-corrected chi connectivity index (χ0v) is 9.34. The Bertz CT molecular complexity index is 526. The number of alkyl halides is 6. The molecule has 0 aliphatic carbocycles. The van der Waals surface area contributed by atoms with Crippen LogP contribution >= 0.6 is 0 Å². The molecule has 0 unspecified atom stereocenters. The first-order chi connectivity index (χ1) is 8.95. The minimum atomic E-state index is -5.38. The van der Waals surface area contributed by atoms with E-state index in [0.717, 1.165) is 0 Å². The molecule has 0 saturated carbocycles. The monoisotopic (exact) mass is 304 g/mol. The predicted octanol–water partition coefficient (Wildman–Crippen LogP) is 2.16. The first-order valence-electron chi connectivity index (χ1n) is 4.76. The molecule has 1 aromatic heterocycles. The lowest BCUT2D eigenvalue weighted by molar-refractivity contribution is -0.276. The van der Waals surface area contributed by atoms with E-state index in [1.807, 2.05) is 0 Å². The molecule has 0 amide bonds. The van der Waals surface area contributed by atoms with Crippen molar-refractivity contribution in [1.82, 2.24) is 4.98 Å². The Morgan fingerprint density at radius 2 is 1.85 bits per heavy atom. The van der Waals surface area contributed by atoms with Crippen molar-refractivity contribution < 1.29 is 41.0 Å². The summed E-state index contributed by atoms with van der Waals surface area (Å²) >= 11 is 0. The van der Waals surface area contributed by atoms with E-state index in [1.54, 1.807) is 0 Å². The Hall–Kier alpha value is -2.04. The quantitative estimate of drug-likeness (QED) is 0.836. The molecule has 112 valence electrons. The van der Waals surface area contributed by atoms with Crippen LogP contribution in [0.1, 0.15) is 21.6 Å². The fourth-order valence-corrected chi connectivity index (χ4v) is 1.28. The lowest BCUT2D eigenvalue weighted by Crippen LogP contribution is -2.23. The van der Waals surface area contributed by atoms with Crippen LogP contribution in [0.3, 0.4) is 0 Å². The van der Waals surface area contributed by atoms with Crippen LogP contribution in [0.2, 0.25) is 0 Å². The van der Waals surface area contributed by atoms with E-state index < -0.39 is 47.8 Å². The molecule has 1 heterocycles. The normalized spacial score (nSPS) is 12.3. The molecule has 0 aliphatic rings. The van der Waals surface area contributed by atoms with Gasteiger partial charge in [-0.3, -0.25) is 0 Å². The van der Waals surface area contributed by atoms with Crippen molar-refractivity contribution in [3.8, 4) is 5.88 Å². The number of ether oxygens (including phenoxy) is 1. The summed E-state index contributed by atoms with van der Waals surface area (Å²) in [5.74, 6) is -3.63. The maximum Gasteiger partial charge on any atom is 0.574 e. The summed E-state index contributed by atoms with van der Waals surface area (Å²) in [7, 11) is 0. The van der Waals surface area contributed by atoms with Gasteiger partial charge in [-0.15, -0.1) is 13.2 Å². The highest BCUT2D eigenvalue weighted by atomic mass is 19.4. The van der Waals surface area contributed by atoms with Crippen LogP contribution < -0.4 is 10.5 Å². The van der Waals surface area contributed by atoms with E-state index in [9.17, 15) is 31.1 Å². The van der Waals surface area contributed by atoms with E-state index in [0.29, 0.717) is 6.07 Å². The smallest absolute Gasteiger partial charge is 0.477 e. The van der Waals surface area contributed by atoms with Gasteiger partial charge in [0.15, 0.2) is 5.69 Å². The third-order valence-corrected chi connectivity index (χ3v) is 2.00. The molecule has 11 heteroatoms. The number of aromatic nitrogens is 1. The molecule has 0 radical (unpaired) electrons. The summed E-state index contributed by atoms with van der Waals surface area (Å²) in [6.07, 6.45) is -10.5. The van der Waals surface area contributed by atoms with Crippen LogP contribution in [0, 0.1) is 0 Å². The van der Waals surface area contributed by atoms with Crippen molar-refractivity contribution >= 4 is 5.97 Å². The number of carboxylic acids is 1. The van der Waals surface area contributed by atoms with Gasteiger partial charge >= 0.3 is 18.5 Å². The van der Waals surface area contributed by atoms with E-state index >= 15 is 0 Å². The highest BCUT2D eigenvalue weighted by molar-refractivity contribution is 5.90. The summed E-state index contributed by atoms with van der Waals surface area (Å²) in [6, 6.07) is 0.346. The SMILES string of the molecule is NCc1cc(C(=O)O)c(OC(F)(F)F)nc1C(F)(F)F. The third-order valence-electron chi connectivity index (χ3n) is 2.00.